The van der Waals surface area contributed by atoms with Gasteiger partial charge in [-0.05, 0) is 69.5 Å². The molecule has 4 heterocycles. The first-order valence-electron chi connectivity index (χ1n) is 11.9. The molecule has 0 saturated heterocycles. The van der Waals surface area contributed by atoms with E-state index in [9.17, 15) is 4.79 Å². The third-order valence-electron chi connectivity index (χ3n) is 6.26. The normalized spacial score (nSPS) is 11.8. The molecule has 2 N–H and O–H groups in total. The van der Waals surface area contributed by atoms with Gasteiger partial charge in [0.25, 0.3) is 0 Å². The maximum absolute atomic E-state index is 12.6. The number of aromatic nitrogens is 6. The van der Waals surface area contributed by atoms with E-state index in [2.05, 4.69) is 47.5 Å². The number of carbonyl (C=O) groups is 1. The van der Waals surface area contributed by atoms with Crippen molar-refractivity contribution >= 4 is 33.5 Å². The number of benzene rings is 1. The molecule has 0 aliphatic rings. The second-order valence-electron chi connectivity index (χ2n) is 8.84. The summed E-state index contributed by atoms with van der Waals surface area (Å²) in [6.45, 7) is 5.68. The zero-order valence-electron chi connectivity index (χ0n) is 21.3. The topological polar surface area (TPSA) is 111 Å². The molecular formula is C28H26N8O. The maximum Gasteiger partial charge on any atom is 0.242 e. The highest BCUT2D eigenvalue weighted by molar-refractivity contribution is 5.95. The van der Waals surface area contributed by atoms with Crippen LogP contribution in [0.3, 0.4) is 0 Å². The Morgan fingerprint density at radius 1 is 1.03 bits per heavy atom. The predicted molar refractivity (Wildman–Crippen MR) is 144 cm³/mol. The highest BCUT2D eigenvalue weighted by atomic mass is 16.2. The fraction of sp³-hybridized carbons (Fsp3) is 0.214. The number of nitrogens with zero attached hydrogens (tertiary/aromatic N) is 6. The fourth-order valence-electron chi connectivity index (χ4n) is 4.19. The van der Waals surface area contributed by atoms with Crippen molar-refractivity contribution in [1.29, 1.82) is 0 Å². The first-order chi connectivity index (χ1) is 17.8. The van der Waals surface area contributed by atoms with Gasteiger partial charge in [0.05, 0.1) is 17.4 Å². The average molecular weight is 491 g/mol. The van der Waals surface area contributed by atoms with Gasteiger partial charge in [-0.25, -0.2) is 15.0 Å². The van der Waals surface area contributed by atoms with Crippen LogP contribution in [0.15, 0.2) is 48.9 Å². The number of amides is 1. The smallest absolute Gasteiger partial charge is 0.242 e. The lowest BCUT2D eigenvalue weighted by Gasteiger charge is -2.12. The van der Waals surface area contributed by atoms with Gasteiger partial charge in [-0.2, -0.15) is 5.10 Å². The Bertz CT molecular complexity index is 1730. The van der Waals surface area contributed by atoms with Crippen molar-refractivity contribution < 1.29 is 4.79 Å². The van der Waals surface area contributed by atoms with Crippen LogP contribution in [0, 0.1) is 25.7 Å². The Labute approximate surface area is 214 Å². The third kappa shape index (κ3) is 4.75. The van der Waals surface area contributed by atoms with E-state index in [1.165, 1.54) is 6.33 Å². The molecule has 1 amide bonds. The van der Waals surface area contributed by atoms with E-state index in [1.54, 1.807) is 30.9 Å². The number of hydrogen-bond acceptors (Lipinski definition) is 7. The van der Waals surface area contributed by atoms with Gasteiger partial charge in [-0.1, -0.05) is 12.0 Å². The number of nitrogens with one attached hydrogen (secondary N) is 2. The lowest BCUT2D eigenvalue weighted by Crippen LogP contribution is -2.35. The van der Waals surface area contributed by atoms with Crippen LogP contribution in [0.4, 0.5) is 5.82 Å². The van der Waals surface area contributed by atoms with E-state index in [0.29, 0.717) is 17.2 Å². The number of hydrogen-bond donors (Lipinski definition) is 2. The number of carbonyl (C=O) groups excluding carboxylic acids is 1. The van der Waals surface area contributed by atoms with Gasteiger partial charge in [0.1, 0.15) is 28.9 Å². The SMILES string of the molecule is CNC(C)C(=O)Nc1cc(-c2ncnc3c(C)nn(C)c23)cc(C#Cc2ccc3c(C)nccc3c2)n1. The Balaban J connectivity index is 1.62. The predicted octanol–water partition coefficient (Wildman–Crippen LogP) is 3.54. The lowest BCUT2D eigenvalue weighted by molar-refractivity contribution is -0.117. The van der Waals surface area contributed by atoms with Crippen molar-refractivity contribution in [3.05, 3.63) is 71.6 Å². The van der Waals surface area contributed by atoms with Crippen molar-refractivity contribution in [2.24, 2.45) is 7.05 Å². The summed E-state index contributed by atoms with van der Waals surface area (Å²) in [5, 5.41) is 12.5. The first kappa shape index (κ1) is 24.0. The van der Waals surface area contributed by atoms with Gasteiger partial charge < -0.3 is 10.6 Å². The molecule has 9 heteroatoms. The van der Waals surface area contributed by atoms with Crippen LogP contribution in [0.2, 0.25) is 0 Å². The van der Waals surface area contributed by atoms with E-state index in [0.717, 1.165) is 44.3 Å². The van der Waals surface area contributed by atoms with Crippen LogP contribution in [0.25, 0.3) is 33.1 Å². The molecule has 5 rings (SSSR count). The Hall–Kier alpha value is -4.68. The van der Waals surface area contributed by atoms with E-state index in [4.69, 9.17) is 0 Å². The molecule has 1 aromatic carbocycles. The largest absolute Gasteiger partial charge is 0.309 e. The molecule has 0 fully saturated rings. The molecule has 1 atom stereocenters. The van der Waals surface area contributed by atoms with Gasteiger partial charge in [0.15, 0.2) is 0 Å². The molecule has 0 radical (unpaired) electrons. The highest BCUT2D eigenvalue weighted by Gasteiger charge is 2.17. The van der Waals surface area contributed by atoms with Crippen molar-refractivity contribution in [2.45, 2.75) is 26.8 Å². The number of rotatable bonds is 4. The van der Waals surface area contributed by atoms with Gasteiger partial charge in [0.2, 0.25) is 5.91 Å². The highest BCUT2D eigenvalue weighted by Crippen LogP contribution is 2.28. The van der Waals surface area contributed by atoms with Gasteiger partial charge in [-0.15, -0.1) is 0 Å². The molecule has 0 spiro atoms. The molecule has 1 unspecified atom stereocenters. The summed E-state index contributed by atoms with van der Waals surface area (Å²) in [5.41, 5.74) is 6.15. The van der Waals surface area contributed by atoms with Crippen molar-refractivity contribution in [3.63, 3.8) is 0 Å². The molecule has 4 aromatic heterocycles. The molecule has 0 bridgehead atoms. The third-order valence-corrected chi connectivity index (χ3v) is 6.26. The average Bonchev–Trinajstić information content (AvgIpc) is 3.20. The zero-order chi connectivity index (χ0) is 26.1. The maximum atomic E-state index is 12.6. The first-order valence-corrected chi connectivity index (χ1v) is 11.9. The van der Waals surface area contributed by atoms with E-state index in [-0.39, 0.29) is 11.9 Å². The summed E-state index contributed by atoms with van der Waals surface area (Å²) in [4.78, 5) is 30.5. The molecule has 184 valence electrons. The van der Waals surface area contributed by atoms with Gasteiger partial charge in [-0.3, -0.25) is 14.5 Å². The number of anilines is 1. The Morgan fingerprint density at radius 2 is 1.86 bits per heavy atom. The fourth-order valence-corrected chi connectivity index (χ4v) is 4.19. The quantitative estimate of drug-likeness (QED) is 0.371. The monoisotopic (exact) mass is 490 g/mol. The molecule has 5 aromatic rings. The summed E-state index contributed by atoms with van der Waals surface area (Å²) in [6, 6.07) is 11.3. The zero-order valence-corrected chi connectivity index (χ0v) is 21.3. The minimum absolute atomic E-state index is 0.200. The van der Waals surface area contributed by atoms with Crippen LogP contribution in [-0.4, -0.2) is 48.7 Å². The minimum atomic E-state index is -0.388. The second-order valence-corrected chi connectivity index (χ2v) is 8.84. The molecule has 37 heavy (non-hydrogen) atoms. The van der Waals surface area contributed by atoms with Gasteiger partial charge in [0, 0.05) is 35.5 Å². The van der Waals surface area contributed by atoms with E-state index in [1.807, 2.05) is 51.2 Å². The standard InChI is InChI=1S/C28H26N8O/c1-16-23-9-7-19(12-20(23)10-11-30-16)6-8-22-13-21(14-24(33-22)34-28(37)18(3)29-4)26-27-25(31-15-32-26)17(2)35-36(27)5/h7,9-15,18,29H,1-5H3,(H,33,34,37). The van der Waals surface area contributed by atoms with E-state index < -0.39 is 0 Å². The summed E-state index contributed by atoms with van der Waals surface area (Å²) in [6.07, 6.45) is 3.31. The number of fused-ring (bicyclic) bond motifs is 2. The number of aryl methyl sites for hydroxylation is 3. The molecule has 0 aliphatic carbocycles. The van der Waals surface area contributed by atoms with Crippen molar-refractivity contribution in [1.82, 2.24) is 35.0 Å². The molecule has 9 nitrogen and oxygen atoms in total. The van der Waals surface area contributed by atoms with Crippen molar-refractivity contribution in [2.75, 3.05) is 12.4 Å². The summed E-state index contributed by atoms with van der Waals surface area (Å²) in [7, 11) is 3.59. The van der Waals surface area contributed by atoms with Crippen LogP contribution in [-0.2, 0) is 11.8 Å². The summed E-state index contributed by atoms with van der Waals surface area (Å²) in [5.74, 6) is 6.56. The molecular weight excluding hydrogens is 464 g/mol. The lowest BCUT2D eigenvalue weighted by atomic mass is 10.1. The number of pyridine rings is 2. The Kier molecular flexibility index (Phi) is 6.34. The van der Waals surface area contributed by atoms with Crippen molar-refractivity contribution in [3.8, 4) is 23.1 Å². The van der Waals surface area contributed by atoms with Gasteiger partial charge >= 0.3 is 0 Å². The summed E-state index contributed by atoms with van der Waals surface area (Å²) >= 11 is 0. The van der Waals surface area contributed by atoms with Crippen LogP contribution in [0.1, 0.15) is 29.6 Å². The summed E-state index contributed by atoms with van der Waals surface area (Å²) < 4.78 is 1.76. The van der Waals surface area contributed by atoms with Crippen LogP contribution in [0.5, 0.6) is 0 Å². The molecule has 0 aliphatic heterocycles. The minimum Gasteiger partial charge on any atom is -0.309 e. The second kappa shape index (κ2) is 9.76. The van der Waals surface area contributed by atoms with Crippen LogP contribution < -0.4 is 10.6 Å². The Morgan fingerprint density at radius 3 is 2.68 bits per heavy atom. The van der Waals surface area contributed by atoms with E-state index >= 15 is 0 Å². The number of likely N-dealkylation sites (N-methyl/N-ethyl adjacent to an activating group) is 1. The molecule has 0 saturated carbocycles. The van der Waals surface area contributed by atoms with Crippen LogP contribution >= 0.6 is 0 Å².